The van der Waals surface area contributed by atoms with E-state index in [4.69, 9.17) is 5.11 Å². The van der Waals surface area contributed by atoms with Crippen molar-refractivity contribution in [3.05, 3.63) is 36.4 Å². The lowest BCUT2D eigenvalue weighted by Crippen LogP contribution is -2.29. The summed E-state index contributed by atoms with van der Waals surface area (Å²) >= 11 is 0. The molecule has 3 rings (SSSR count). The minimum Gasteiger partial charge on any atom is -0.480 e. The lowest BCUT2D eigenvalue weighted by atomic mass is 10.1. The average molecular weight is 226 g/mol. The highest BCUT2D eigenvalue weighted by molar-refractivity contribution is 6.10. The second-order valence-corrected chi connectivity index (χ2v) is 3.92. The number of rotatable bonds is 2. The van der Waals surface area contributed by atoms with Gasteiger partial charge < -0.3 is 10.0 Å². The van der Waals surface area contributed by atoms with Crippen LogP contribution in [0.4, 0.5) is 11.4 Å². The summed E-state index contributed by atoms with van der Waals surface area (Å²) in [4.78, 5) is 16.7. The number of hydrogen-bond donors (Lipinski definition) is 1. The van der Waals surface area contributed by atoms with Crippen LogP contribution in [0.2, 0.25) is 0 Å². The molecule has 84 valence electrons. The highest BCUT2D eigenvalue weighted by Crippen LogP contribution is 2.36. The molecule has 17 heavy (non-hydrogen) atoms. The molecule has 0 unspecified atom stereocenters. The van der Waals surface area contributed by atoms with E-state index < -0.39 is 5.97 Å². The molecule has 0 aromatic heterocycles. The predicted octanol–water partition coefficient (Wildman–Crippen LogP) is 2.40. The van der Waals surface area contributed by atoms with Crippen molar-refractivity contribution < 1.29 is 9.90 Å². The fraction of sp³-hybridized carbons (Fsp3) is 0.0769. The number of carboxylic acid groups (broad SMARTS) is 1. The lowest BCUT2D eigenvalue weighted by molar-refractivity contribution is -0.135. The molecule has 0 fully saturated rings. The van der Waals surface area contributed by atoms with Gasteiger partial charge in [0, 0.05) is 5.39 Å². The molecular formula is C13H10N2O2. The molecular weight excluding hydrogens is 216 g/mol. The van der Waals surface area contributed by atoms with Gasteiger partial charge >= 0.3 is 5.97 Å². The third kappa shape index (κ3) is 1.54. The molecule has 0 amide bonds. The summed E-state index contributed by atoms with van der Waals surface area (Å²) in [6, 6.07) is 11.7. The zero-order chi connectivity index (χ0) is 11.8. The largest absolute Gasteiger partial charge is 0.480 e. The Hall–Kier alpha value is -2.36. The molecule has 0 radical (unpaired) electrons. The Morgan fingerprint density at radius 2 is 2.00 bits per heavy atom. The van der Waals surface area contributed by atoms with E-state index in [0.717, 1.165) is 22.1 Å². The number of aliphatic carboxylic acids is 1. The van der Waals surface area contributed by atoms with Crippen LogP contribution in [0, 0.1) is 0 Å². The second-order valence-electron chi connectivity index (χ2n) is 3.92. The van der Waals surface area contributed by atoms with Crippen LogP contribution < -0.4 is 4.90 Å². The quantitative estimate of drug-likeness (QED) is 0.855. The Balaban J connectivity index is 2.23. The normalized spacial score (nSPS) is 13.1. The van der Waals surface area contributed by atoms with Gasteiger partial charge in [-0.3, -0.25) is 4.79 Å². The van der Waals surface area contributed by atoms with E-state index in [9.17, 15) is 4.79 Å². The molecule has 0 aliphatic carbocycles. The highest BCUT2D eigenvalue weighted by atomic mass is 16.4. The molecule has 0 saturated heterocycles. The first-order chi connectivity index (χ1) is 8.25. The smallest absolute Gasteiger partial charge is 0.323 e. The number of anilines is 1. The minimum atomic E-state index is -0.868. The van der Waals surface area contributed by atoms with Gasteiger partial charge in [0.05, 0.1) is 17.7 Å². The van der Waals surface area contributed by atoms with Crippen LogP contribution in [0.1, 0.15) is 0 Å². The maximum atomic E-state index is 10.8. The van der Waals surface area contributed by atoms with Crippen molar-refractivity contribution in [2.24, 2.45) is 4.99 Å². The zero-order valence-electron chi connectivity index (χ0n) is 9.00. The van der Waals surface area contributed by atoms with Crippen molar-refractivity contribution in [3.63, 3.8) is 0 Å². The van der Waals surface area contributed by atoms with Gasteiger partial charge in [-0.15, -0.1) is 0 Å². The molecule has 1 heterocycles. The second kappa shape index (κ2) is 3.59. The van der Waals surface area contributed by atoms with Crippen molar-refractivity contribution in [1.82, 2.24) is 0 Å². The van der Waals surface area contributed by atoms with E-state index in [1.165, 1.54) is 0 Å². The topological polar surface area (TPSA) is 52.9 Å². The Bertz CT molecular complexity index is 629. The number of benzene rings is 2. The standard InChI is InChI=1S/C13H10N2O2/c16-12(17)7-15-8-14-10-5-1-3-9-4-2-6-11(15)13(9)10/h1-6,8H,7H2,(H,16,17). The summed E-state index contributed by atoms with van der Waals surface area (Å²) in [5.74, 6) is -0.868. The van der Waals surface area contributed by atoms with E-state index in [2.05, 4.69) is 4.99 Å². The van der Waals surface area contributed by atoms with Crippen molar-refractivity contribution in [2.45, 2.75) is 0 Å². The maximum absolute atomic E-state index is 10.8. The third-order valence-electron chi connectivity index (χ3n) is 2.81. The van der Waals surface area contributed by atoms with Gasteiger partial charge in [-0.1, -0.05) is 24.3 Å². The average Bonchev–Trinajstić information content (AvgIpc) is 2.33. The van der Waals surface area contributed by atoms with Gasteiger partial charge in [0.25, 0.3) is 0 Å². The molecule has 0 atom stereocenters. The molecule has 1 aliphatic heterocycles. The van der Waals surface area contributed by atoms with E-state index in [-0.39, 0.29) is 6.54 Å². The first kappa shape index (κ1) is 9.84. The van der Waals surface area contributed by atoms with E-state index in [0.29, 0.717) is 0 Å². The first-order valence-corrected chi connectivity index (χ1v) is 5.30. The van der Waals surface area contributed by atoms with Crippen LogP contribution in [0.3, 0.4) is 0 Å². The number of hydrogen-bond acceptors (Lipinski definition) is 3. The monoisotopic (exact) mass is 226 g/mol. The molecule has 4 heteroatoms. The SMILES string of the molecule is O=C(O)CN1C=Nc2cccc3cccc1c23. The van der Waals surface area contributed by atoms with Gasteiger partial charge in [-0.25, -0.2) is 4.99 Å². The molecule has 1 N–H and O–H groups in total. The maximum Gasteiger partial charge on any atom is 0.323 e. The first-order valence-electron chi connectivity index (χ1n) is 5.30. The third-order valence-corrected chi connectivity index (χ3v) is 2.81. The molecule has 0 spiro atoms. The van der Waals surface area contributed by atoms with Crippen LogP contribution in [0.15, 0.2) is 41.4 Å². The van der Waals surface area contributed by atoms with Gasteiger partial charge in [-0.2, -0.15) is 0 Å². The summed E-state index contributed by atoms with van der Waals surface area (Å²) in [6.45, 7) is -0.0725. The molecule has 4 nitrogen and oxygen atoms in total. The predicted molar refractivity (Wildman–Crippen MR) is 67.1 cm³/mol. The summed E-state index contributed by atoms with van der Waals surface area (Å²) in [6.07, 6.45) is 1.57. The van der Waals surface area contributed by atoms with Crippen molar-refractivity contribution in [1.29, 1.82) is 0 Å². The Labute approximate surface area is 97.8 Å². The van der Waals surface area contributed by atoms with Crippen molar-refractivity contribution >= 4 is 34.5 Å². The van der Waals surface area contributed by atoms with Gasteiger partial charge in [0.1, 0.15) is 6.54 Å². The van der Waals surface area contributed by atoms with E-state index in [1.807, 2.05) is 36.4 Å². The number of nitrogens with zero attached hydrogens (tertiary/aromatic N) is 2. The van der Waals surface area contributed by atoms with E-state index >= 15 is 0 Å². The van der Waals surface area contributed by atoms with Crippen molar-refractivity contribution in [2.75, 3.05) is 11.4 Å². The van der Waals surface area contributed by atoms with E-state index in [1.54, 1.807) is 11.2 Å². The number of carboxylic acids is 1. The lowest BCUT2D eigenvalue weighted by Gasteiger charge is -2.23. The van der Waals surface area contributed by atoms with Crippen LogP contribution >= 0.6 is 0 Å². The molecule has 1 aliphatic rings. The molecule has 2 aromatic carbocycles. The molecule has 2 aromatic rings. The van der Waals surface area contributed by atoms with Gasteiger partial charge in [-0.05, 0) is 17.5 Å². The summed E-state index contributed by atoms with van der Waals surface area (Å²) in [7, 11) is 0. The fourth-order valence-corrected chi connectivity index (χ4v) is 2.11. The zero-order valence-corrected chi connectivity index (χ0v) is 9.00. The molecule has 0 saturated carbocycles. The van der Waals surface area contributed by atoms with Crippen LogP contribution in [0.25, 0.3) is 10.8 Å². The van der Waals surface area contributed by atoms with Gasteiger partial charge in [0.15, 0.2) is 0 Å². The highest BCUT2D eigenvalue weighted by Gasteiger charge is 2.17. The Kier molecular flexibility index (Phi) is 2.08. The van der Waals surface area contributed by atoms with Crippen molar-refractivity contribution in [3.8, 4) is 0 Å². The Morgan fingerprint density at radius 3 is 2.76 bits per heavy atom. The number of carbonyl (C=O) groups is 1. The van der Waals surface area contributed by atoms with Crippen LogP contribution in [-0.2, 0) is 4.79 Å². The van der Waals surface area contributed by atoms with Crippen LogP contribution in [0.5, 0.6) is 0 Å². The molecule has 0 bridgehead atoms. The minimum absolute atomic E-state index is 0.0725. The van der Waals surface area contributed by atoms with Crippen LogP contribution in [-0.4, -0.2) is 24.0 Å². The Morgan fingerprint density at radius 1 is 1.24 bits per heavy atom. The fourth-order valence-electron chi connectivity index (χ4n) is 2.11. The summed E-state index contributed by atoms with van der Waals surface area (Å²) in [5, 5.41) is 11.0. The summed E-state index contributed by atoms with van der Waals surface area (Å²) < 4.78 is 0. The summed E-state index contributed by atoms with van der Waals surface area (Å²) in [5.41, 5.74) is 1.79. The number of aliphatic imine (C=N–C) groups is 1. The van der Waals surface area contributed by atoms with Gasteiger partial charge in [0.2, 0.25) is 0 Å².